The molecule has 0 aromatic heterocycles. The van der Waals surface area contributed by atoms with E-state index in [9.17, 15) is 0 Å². The van der Waals surface area contributed by atoms with Gasteiger partial charge in [0.15, 0.2) is 0 Å². The Morgan fingerprint density at radius 1 is 1.62 bits per heavy atom. The van der Waals surface area contributed by atoms with Crippen LogP contribution in [0.25, 0.3) is 0 Å². The fourth-order valence-electron chi connectivity index (χ4n) is 0.251. The molecular formula is C6H12N2. The summed E-state index contributed by atoms with van der Waals surface area (Å²) >= 11 is 0. The summed E-state index contributed by atoms with van der Waals surface area (Å²) in [6.45, 7) is 6.04. The van der Waals surface area contributed by atoms with Crippen LogP contribution in [0.4, 0.5) is 0 Å². The van der Waals surface area contributed by atoms with Crippen molar-refractivity contribution in [3.05, 3.63) is 0 Å². The molecule has 2 heteroatoms. The molecule has 0 amide bonds. The van der Waals surface area contributed by atoms with E-state index in [0.29, 0.717) is 5.92 Å². The molecule has 0 radical (unpaired) electrons. The van der Waals surface area contributed by atoms with E-state index < -0.39 is 0 Å². The first-order chi connectivity index (χ1) is 3.68. The predicted molar refractivity (Wildman–Crippen MR) is 36.7 cm³/mol. The van der Waals surface area contributed by atoms with Gasteiger partial charge in [-0.1, -0.05) is 13.8 Å². The highest BCUT2D eigenvalue weighted by Gasteiger charge is 1.93. The van der Waals surface area contributed by atoms with E-state index in [0.717, 1.165) is 12.1 Å². The fraction of sp³-hybridized carbons (Fsp3) is 0.667. The van der Waals surface area contributed by atoms with Crippen LogP contribution in [0.15, 0.2) is 4.99 Å². The van der Waals surface area contributed by atoms with Crippen LogP contribution in [0.3, 0.4) is 0 Å². The van der Waals surface area contributed by atoms with Gasteiger partial charge in [-0.15, -0.1) is 0 Å². The van der Waals surface area contributed by atoms with Crippen LogP contribution in [0.2, 0.25) is 0 Å². The number of rotatable bonds is 2. The van der Waals surface area contributed by atoms with Gasteiger partial charge in [-0.25, -0.2) is 4.99 Å². The molecule has 0 aliphatic rings. The first kappa shape index (κ1) is 7.34. The molecule has 0 aromatic rings. The second-order valence-corrected chi connectivity index (χ2v) is 2.05. The van der Waals surface area contributed by atoms with Gasteiger partial charge >= 0.3 is 0 Å². The lowest BCUT2D eigenvalue weighted by Gasteiger charge is -1.98. The Kier molecular flexibility index (Phi) is 3.08. The normalized spacial score (nSPS) is 12.2. The van der Waals surface area contributed by atoms with Gasteiger partial charge < -0.3 is 0 Å². The number of aliphatic imine (C=N–C) groups is 1. The molecule has 0 heterocycles. The van der Waals surface area contributed by atoms with Crippen molar-refractivity contribution in [1.82, 2.24) is 0 Å². The fourth-order valence-corrected chi connectivity index (χ4v) is 0.251. The Hall–Kier alpha value is -0.660. The van der Waals surface area contributed by atoms with Crippen LogP contribution in [0.5, 0.6) is 0 Å². The minimum Gasteiger partial charge on any atom is -0.290 e. The Labute approximate surface area is 50.1 Å². The van der Waals surface area contributed by atoms with Crippen LogP contribution < -0.4 is 0 Å². The molecule has 0 fully saturated rings. The van der Waals surface area contributed by atoms with E-state index in [1.807, 2.05) is 6.92 Å². The minimum atomic E-state index is 0.469. The third-order valence-electron chi connectivity index (χ3n) is 1.10. The van der Waals surface area contributed by atoms with E-state index in [-0.39, 0.29) is 0 Å². The van der Waals surface area contributed by atoms with Gasteiger partial charge in [0.05, 0.1) is 0 Å². The number of nitrogens with one attached hydrogen (secondary N) is 1. The Balaban J connectivity index is 3.78. The summed E-state index contributed by atoms with van der Waals surface area (Å²) in [6.07, 6.45) is 1.08. The van der Waals surface area contributed by atoms with Crippen molar-refractivity contribution >= 4 is 12.1 Å². The molecule has 0 aromatic carbocycles. The summed E-state index contributed by atoms with van der Waals surface area (Å²) in [5, 5.41) is 6.61. The molecule has 1 N–H and O–H groups in total. The summed E-state index contributed by atoms with van der Waals surface area (Å²) < 4.78 is 0. The van der Waals surface area contributed by atoms with Crippen LogP contribution in [-0.2, 0) is 0 Å². The lowest BCUT2D eigenvalue weighted by atomic mass is 10.1. The summed E-state index contributed by atoms with van der Waals surface area (Å²) in [6, 6.07) is 0. The Morgan fingerprint density at radius 2 is 2.12 bits per heavy atom. The van der Waals surface area contributed by atoms with E-state index in [4.69, 9.17) is 5.41 Å². The maximum atomic E-state index is 6.61. The number of nitrogens with zero attached hydrogens (tertiary/aromatic N) is 1. The summed E-state index contributed by atoms with van der Waals surface area (Å²) in [5.74, 6) is 0.469. The van der Waals surface area contributed by atoms with E-state index in [2.05, 4.69) is 18.8 Å². The van der Waals surface area contributed by atoms with Crippen molar-refractivity contribution in [2.24, 2.45) is 10.9 Å². The third kappa shape index (κ3) is 2.50. The highest BCUT2D eigenvalue weighted by Crippen LogP contribution is 1.93. The van der Waals surface area contributed by atoms with Crippen molar-refractivity contribution in [2.75, 3.05) is 0 Å². The topological polar surface area (TPSA) is 36.2 Å². The summed E-state index contributed by atoms with van der Waals surface area (Å²) in [7, 11) is 0. The SMILES string of the molecule is CC(=NC=N)C(C)C. The molecule has 0 atom stereocenters. The molecule has 2 nitrogen and oxygen atoms in total. The second kappa shape index (κ2) is 3.36. The molecule has 0 bridgehead atoms. The second-order valence-electron chi connectivity index (χ2n) is 2.05. The van der Waals surface area contributed by atoms with Crippen LogP contribution in [0, 0.1) is 11.3 Å². The quantitative estimate of drug-likeness (QED) is 0.417. The van der Waals surface area contributed by atoms with Crippen LogP contribution >= 0.6 is 0 Å². The summed E-state index contributed by atoms with van der Waals surface area (Å²) in [5.41, 5.74) is 1.01. The van der Waals surface area contributed by atoms with Crippen molar-refractivity contribution in [3.8, 4) is 0 Å². The van der Waals surface area contributed by atoms with Gasteiger partial charge in [0.25, 0.3) is 0 Å². The average molecular weight is 112 g/mol. The van der Waals surface area contributed by atoms with Crippen molar-refractivity contribution in [2.45, 2.75) is 20.8 Å². The third-order valence-corrected chi connectivity index (χ3v) is 1.10. The van der Waals surface area contributed by atoms with Gasteiger partial charge in [-0.05, 0) is 12.8 Å². The van der Waals surface area contributed by atoms with Crippen molar-refractivity contribution < 1.29 is 0 Å². The maximum absolute atomic E-state index is 6.61. The molecule has 0 aliphatic carbocycles. The first-order valence-corrected chi connectivity index (χ1v) is 2.71. The molecular weight excluding hydrogens is 100 g/mol. The van der Waals surface area contributed by atoms with Crippen molar-refractivity contribution in [3.63, 3.8) is 0 Å². The smallest absolute Gasteiger partial charge is 0.106 e. The lowest BCUT2D eigenvalue weighted by Crippen LogP contribution is -2.00. The van der Waals surface area contributed by atoms with E-state index in [1.165, 1.54) is 0 Å². The molecule has 0 saturated carbocycles. The van der Waals surface area contributed by atoms with Gasteiger partial charge in [0.1, 0.15) is 6.34 Å². The zero-order chi connectivity index (χ0) is 6.57. The molecule has 0 rings (SSSR count). The molecule has 0 unspecified atom stereocenters. The van der Waals surface area contributed by atoms with Crippen LogP contribution in [0.1, 0.15) is 20.8 Å². The highest BCUT2D eigenvalue weighted by atomic mass is 14.8. The highest BCUT2D eigenvalue weighted by molar-refractivity contribution is 5.89. The van der Waals surface area contributed by atoms with Gasteiger partial charge in [-0.3, -0.25) is 5.41 Å². The number of hydrogen-bond acceptors (Lipinski definition) is 1. The zero-order valence-corrected chi connectivity index (χ0v) is 5.60. The molecule has 0 saturated heterocycles. The molecule has 0 spiro atoms. The lowest BCUT2D eigenvalue weighted by molar-refractivity contribution is 0.881. The van der Waals surface area contributed by atoms with Crippen molar-refractivity contribution in [1.29, 1.82) is 5.41 Å². The van der Waals surface area contributed by atoms with Gasteiger partial charge in [-0.2, -0.15) is 0 Å². The maximum Gasteiger partial charge on any atom is 0.106 e. The zero-order valence-electron chi connectivity index (χ0n) is 5.60. The first-order valence-electron chi connectivity index (χ1n) is 2.71. The minimum absolute atomic E-state index is 0.469. The summed E-state index contributed by atoms with van der Waals surface area (Å²) in [4.78, 5) is 3.78. The Morgan fingerprint density at radius 3 is 2.25 bits per heavy atom. The van der Waals surface area contributed by atoms with Crippen LogP contribution in [-0.4, -0.2) is 12.1 Å². The van der Waals surface area contributed by atoms with Gasteiger partial charge in [0.2, 0.25) is 0 Å². The standard InChI is InChI=1S/C6H12N2/c1-5(2)6(3)8-4-7/h4-5,7H,1-3H3. The average Bonchev–Trinajstić information content (AvgIpc) is 1.67. The molecule has 8 heavy (non-hydrogen) atoms. The Bertz CT molecular complexity index is 103. The number of hydrogen-bond donors (Lipinski definition) is 1. The predicted octanol–water partition coefficient (Wildman–Crippen LogP) is 1.71. The van der Waals surface area contributed by atoms with Gasteiger partial charge in [0, 0.05) is 5.71 Å². The van der Waals surface area contributed by atoms with E-state index in [1.54, 1.807) is 0 Å². The molecule has 0 aliphatic heterocycles. The largest absolute Gasteiger partial charge is 0.290 e. The monoisotopic (exact) mass is 112 g/mol. The molecule has 46 valence electrons. The van der Waals surface area contributed by atoms with E-state index >= 15 is 0 Å².